The molecular formula is C8H12N4OS. The Labute approximate surface area is 86.3 Å². The fourth-order valence-electron chi connectivity index (χ4n) is 1.47. The van der Waals surface area contributed by atoms with Crippen molar-refractivity contribution in [2.75, 3.05) is 38.1 Å². The summed E-state index contributed by atoms with van der Waals surface area (Å²) in [6.07, 6.45) is 1.73. The quantitative estimate of drug-likeness (QED) is 0.693. The summed E-state index contributed by atoms with van der Waals surface area (Å²) in [5.41, 5.74) is 0. The van der Waals surface area contributed by atoms with Crippen LogP contribution in [0.15, 0.2) is 11.4 Å². The second-order valence-corrected chi connectivity index (χ2v) is 4.35. The van der Waals surface area contributed by atoms with Gasteiger partial charge < -0.3 is 9.80 Å². The Bertz CT molecular complexity index is 319. The van der Waals surface area contributed by atoms with E-state index in [9.17, 15) is 4.91 Å². The molecule has 1 aromatic rings. The van der Waals surface area contributed by atoms with Gasteiger partial charge in [0.2, 0.25) is 0 Å². The van der Waals surface area contributed by atoms with Gasteiger partial charge >= 0.3 is 0 Å². The number of thiazole rings is 1. The van der Waals surface area contributed by atoms with Crippen LogP contribution in [0.5, 0.6) is 0 Å². The van der Waals surface area contributed by atoms with Gasteiger partial charge in [0.05, 0.1) is 6.20 Å². The number of anilines is 1. The van der Waals surface area contributed by atoms with E-state index in [1.54, 1.807) is 6.20 Å². The second kappa shape index (κ2) is 4.02. The fraction of sp³-hybridized carbons (Fsp3) is 0.625. The molecule has 0 amide bonds. The molecule has 2 rings (SSSR count). The average Bonchev–Trinajstić information content (AvgIpc) is 2.67. The van der Waals surface area contributed by atoms with Crippen LogP contribution in [0.3, 0.4) is 0 Å². The number of hydrogen-bond acceptors (Lipinski definition) is 6. The van der Waals surface area contributed by atoms with Crippen molar-refractivity contribution in [3.05, 3.63) is 11.1 Å². The Morgan fingerprint density at radius 2 is 2.14 bits per heavy atom. The normalized spacial score (nSPS) is 18.5. The van der Waals surface area contributed by atoms with E-state index in [1.165, 1.54) is 11.3 Å². The van der Waals surface area contributed by atoms with Gasteiger partial charge in [0.25, 0.3) is 5.13 Å². The molecule has 0 bridgehead atoms. The Hall–Kier alpha value is -1.01. The third-order valence-electron chi connectivity index (χ3n) is 2.37. The molecule has 2 heterocycles. The lowest BCUT2D eigenvalue weighted by Gasteiger charge is -2.32. The summed E-state index contributed by atoms with van der Waals surface area (Å²) in [4.78, 5) is 18.7. The maximum absolute atomic E-state index is 10.2. The molecule has 0 aromatic carbocycles. The van der Waals surface area contributed by atoms with Crippen LogP contribution in [0.1, 0.15) is 0 Å². The lowest BCUT2D eigenvalue weighted by molar-refractivity contribution is 0.313. The zero-order chi connectivity index (χ0) is 9.97. The number of nitroso groups, excluding NO2 is 1. The van der Waals surface area contributed by atoms with E-state index in [0.717, 1.165) is 31.2 Å². The third-order valence-corrected chi connectivity index (χ3v) is 3.31. The van der Waals surface area contributed by atoms with Crippen LogP contribution in [0, 0.1) is 4.91 Å². The lowest BCUT2D eigenvalue weighted by Crippen LogP contribution is -2.44. The maximum Gasteiger partial charge on any atom is 0.254 e. The predicted molar refractivity (Wildman–Crippen MR) is 57.3 cm³/mol. The Morgan fingerprint density at radius 3 is 2.71 bits per heavy atom. The molecule has 0 N–H and O–H groups in total. The molecule has 1 aromatic heterocycles. The van der Waals surface area contributed by atoms with Gasteiger partial charge in [-0.1, -0.05) is 11.3 Å². The molecule has 0 radical (unpaired) electrons. The minimum atomic E-state index is 0.318. The molecule has 0 atom stereocenters. The molecule has 0 spiro atoms. The first kappa shape index (κ1) is 9.54. The van der Waals surface area contributed by atoms with E-state index in [1.807, 2.05) is 0 Å². The van der Waals surface area contributed by atoms with Gasteiger partial charge in [-0.25, -0.2) is 4.98 Å². The minimum absolute atomic E-state index is 0.318. The van der Waals surface area contributed by atoms with Gasteiger partial charge in [-0.15, -0.1) is 4.91 Å². The van der Waals surface area contributed by atoms with Crippen LogP contribution in [0.4, 0.5) is 10.1 Å². The SMILES string of the molecule is CN1CCN(c2cnc(N=O)s2)CC1. The molecular weight excluding hydrogens is 200 g/mol. The molecule has 1 fully saturated rings. The topological polar surface area (TPSA) is 48.8 Å². The summed E-state index contributed by atoms with van der Waals surface area (Å²) >= 11 is 1.36. The van der Waals surface area contributed by atoms with E-state index in [4.69, 9.17) is 0 Å². The molecule has 0 aliphatic carbocycles. The van der Waals surface area contributed by atoms with Crippen molar-refractivity contribution in [1.29, 1.82) is 0 Å². The van der Waals surface area contributed by atoms with Crippen LogP contribution in [0.25, 0.3) is 0 Å². The largest absolute Gasteiger partial charge is 0.360 e. The molecule has 5 nitrogen and oxygen atoms in total. The molecule has 0 unspecified atom stereocenters. The first-order valence-corrected chi connectivity index (χ1v) is 5.34. The molecule has 0 saturated carbocycles. The van der Waals surface area contributed by atoms with Crippen molar-refractivity contribution in [1.82, 2.24) is 9.88 Å². The van der Waals surface area contributed by atoms with Crippen molar-refractivity contribution < 1.29 is 0 Å². The number of aromatic nitrogens is 1. The van der Waals surface area contributed by atoms with Gasteiger partial charge in [-0.3, -0.25) is 0 Å². The number of rotatable bonds is 2. The van der Waals surface area contributed by atoms with E-state index >= 15 is 0 Å². The lowest BCUT2D eigenvalue weighted by atomic mass is 10.3. The van der Waals surface area contributed by atoms with Crippen LogP contribution in [-0.4, -0.2) is 43.1 Å². The minimum Gasteiger partial charge on any atom is -0.360 e. The third kappa shape index (κ3) is 1.91. The summed E-state index contributed by atoms with van der Waals surface area (Å²) in [6, 6.07) is 0. The molecule has 1 saturated heterocycles. The van der Waals surface area contributed by atoms with Crippen molar-refractivity contribution >= 4 is 21.5 Å². The van der Waals surface area contributed by atoms with Gasteiger partial charge in [0.1, 0.15) is 5.00 Å². The fourth-order valence-corrected chi connectivity index (χ4v) is 2.22. The van der Waals surface area contributed by atoms with Gasteiger partial charge in [-0.2, -0.15) is 0 Å². The highest BCUT2D eigenvalue weighted by molar-refractivity contribution is 7.19. The molecule has 14 heavy (non-hydrogen) atoms. The first-order chi connectivity index (χ1) is 6.79. The summed E-state index contributed by atoms with van der Waals surface area (Å²) in [7, 11) is 2.11. The zero-order valence-electron chi connectivity index (χ0n) is 8.01. The average molecular weight is 212 g/mol. The number of likely N-dealkylation sites (N-methyl/N-ethyl adjacent to an activating group) is 1. The molecule has 6 heteroatoms. The maximum atomic E-state index is 10.2. The highest BCUT2D eigenvalue weighted by atomic mass is 32.1. The van der Waals surface area contributed by atoms with E-state index < -0.39 is 0 Å². The van der Waals surface area contributed by atoms with Crippen molar-refractivity contribution in [2.24, 2.45) is 5.18 Å². The highest BCUT2D eigenvalue weighted by Crippen LogP contribution is 2.29. The predicted octanol–water partition coefficient (Wildman–Crippen LogP) is 1.29. The Balaban J connectivity index is 2.04. The number of piperazine rings is 1. The van der Waals surface area contributed by atoms with Crippen LogP contribution in [-0.2, 0) is 0 Å². The van der Waals surface area contributed by atoms with Gasteiger partial charge in [0.15, 0.2) is 0 Å². The van der Waals surface area contributed by atoms with Gasteiger partial charge in [-0.05, 0) is 7.05 Å². The van der Waals surface area contributed by atoms with E-state index in [-0.39, 0.29) is 0 Å². The Morgan fingerprint density at radius 1 is 1.43 bits per heavy atom. The first-order valence-electron chi connectivity index (χ1n) is 4.52. The van der Waals surface area contributed by atoms with Crippen molar-refractivity contribution in [3.8, 4) is 0 Å². The van der Waals surface area contributed by atoms with E-state index in [2.05, 4.69) is 27.0 Å². The van der Waals surface area contributed by atoms with Crippen LogP contribution in [0.2, 0.25) is 0 Å². The number of nitrogens with zero attached hydrogens (tertiary/aromatic N) is 4. The van der Waals surface area contributed by atoms with Crippen molar-refractivity contribution in [3.63, 3.8) is 0 Å². The highest BCUT2D eigenvalue weighted by Gasteiger charge is 2.16. The summed E-state index contributed by atoms with van der Waals surface area (Å²) in [5.74, 6) is 0. The zero-order valence-corrected chi connectivity index (χ0v) is 8.83. The molecule has 1 aliphatic heterocycles. The monoisotopic (exact) mass is 212 g/mol. The second-order valence-electron chi connectivity index (χ2n) is 3.36. The van der Waals surface area contributed by atoms with Crippen LogP contribution < -0.4 is 4.90 Å². The standard InChI is InChI=1S/C8H12N4OS/c1-11-2-4-12(5-3-11)7-6-9-8(10-13)14-7/h6H,2-5H2,1H3. The molecule has 1 aliphatic rings. The summed E-state index contributed by atoms with van der Waals surface area (Å²) in [6.45, 7) is 4.11. The van der Waals surface area contributed by atoms with Gasteiger partial charge in [0, 0.05) is 31.4 Å². The van der Waals surface area contributed by atoms with E-state index in [0.29, 0.717) is 5.13 Å². The van der Waals surface area contributed by atoms with Crippen molar-refractivity contribution in [2.45, 2.75) is 0 Å². The summed E-state index contributed by atoms with van der Waals surface area (Å²) in [5, 5.41) is 4.19. The Kier molecular flexibility index (Phi) is 2.74. The molecule has 76 valence electrons. The summed E-state index contributed by atoms with van der Waals surface area (Å²) < 4.78 is 0. The smallest absolute Gasteiger partial charge is 0.254 e. The number of hydrogen-bond donors (Lipinski definition) is 0. The van der Waals surface area contributed by atoms with Crippen LogP contribution >= 0.6 is 11.3 Å².